The van der Waals surface area contributed by atoms with Gasteiger partial charge in [0, 0.05) is 17.1 Å². The number of urea groups is 1. The lowest BCUT2D eigenvalue weighted by molar-refractivity contribution is -0.130. The third-order valence-electron chi connectivity index (χ3n) is 5.75. The lowest BCUT2D eigenvalue weighted by atomic mass is 10.1. The number of carbonyl (C=O) groups excluding carboxylic acids is 3. The fourth-order valence-corrected chi connectivity index (χ4v) is 3.93. The third-order valence-corrected chi connectivity index (χ3v) is 5.75. The molecule has 0 atom stereocenters. The van der Waals surface area contributed by atoms with E-state index in [0.717, 1.165) is 38.7 Å². The van der Waals surface area contributed by atoms with Crippen molar-refractivity contribution >= 4 is 23.9 Å². The number of carbonyl (C=O) groups is 3. The van der Waals surface area contributed by atoms with Gasteiger partial charge in [0.05, 0.1) is 13.7 Å². The summed E-state index contributed by atoms with van der Waals surface area (Å²) in [4.78, 5) is 39.1. The Morgan fingerprint density at radius 1 is 0.939 bits per heavy atom. The van der Waals surface area contributed by atoms with Crippen LogP contribution in [0, 0.1) is 20.8 Å². The molecule has 0 radical (unpaired) electrons. The molecule has 2 aromatic carbocycles. The fraction of sp³-hybridized carbons (Fsp3) is 0.192. The number of nitrogens with one attached hydrogen (secondary N) is 1. The maximum Gasteiger partial charge on any atom is 0.331 e. The molecule has 7 nitrogen and oxygen atoms in total. The van der Waals surface area contributed by atoms with Crippen LogP contribution in [0.25, 0.3) is 11.8 Å². The Hall–Kier alpha value is -4.13. The van der Waals surface area contributed by atoms with E-state index in [1.54, 1.807) is 37.5 Å². The molecule has 4 amide bonds. The van der Waals surface area contributed by atoms with E-state index in [4.69, 9.17) is 4.74 Å². The smallest absolute Gasteiger partial charge is 0.331 e. The van der Waals surface area contributed by atoms with Gasteiger partial charge in [-0.3, -0.25) is 19.8 Å². The fourth-order valence-electron chi connectivity index (χ4n) is 3.93. The average molecular weight is 444 g/mol. The van der Waals surface area contributed by atoms with Gasteiger partial charge in [-0.15, -0.1) is 0 Å². The molecule has 0 bridgehead atoms. The van der Waals surface area contributed by atoms with Crippen LogP contribution in [0.2, 0.25) is 0 Å². The number of hydrogen-bond donors (Lipinski definition) is 1. The van der Waals surface area contributed by atoms with E-state index >= 15 is 0 Å². The number of ether oxygens (including phenoxy) is 1. The highest BCUT2D eigenvalue weighted by Gasteiger charge is 2.36. The summed E-state index contributed by atoms with van der Waals surface area (Å²) < 4.78 is 7.21. The van der Waals surface area contributed by atoms with Crippen LogP contribution in [0.15, 0.2) is 60.2 Å². The van der Waals surface area contributed by atoms with Gasteiger partial charge in [-0.05, 0) is 68.3 Å². The van der Waals surface area contributed by atoms with Crippen molar-refractivity contribution in [1.29, 1.82) is 0 Å². The Kier molecular flexibility index (Phi) is 5.87. The van der Waals surface area contributed by atoms with Gasteiger partial charge in [0.15, 0.2) is 0 Å². The number of barbiturate groups is 1. The van der Waals surface area contributed by atoms with Gasteiger partial charge in [0.25, 0.3) is 11.8 Å². The van der Waals surface area contributed by atoms with Crippen molar-refractivity contribution in [2.45, 2.75) is 27.3 Å². The Labute approximate surface area is 192 Å². The molecule has 1 aliphatic heterocycles. The minimum atomic E-state index is -0.733. The first kappa shape index (κ1) is 22.1. The minimum absolute atomic E-state index is 0.0433. The zero-order valence-corrected chi connectivity index (χ0v) is 19.0. The average Bonchev–Trinajstić information content (AvgIpc) is 3.08. The molecule has 1 aliphatic rings. The van der Waals surface area contributed by atoms with Crippen LogP contribution in [-0.4, -0.2) is 34.4 Å². The van der Waals surface area contributed by atoms with Crippen molar-refractivity contribution in [1.82, 2.24) is 14.8 Å². The second kappa shape index (κ2) is 8.78. The largest absolute Gasteiger partial charge is 0.497 e. The molecule has 0 spiro atoms. The lowest BCUT2D eigenvalue weighted by Gasteiger charge is -2.26. The summed E-state index contributed by atoms with van der Waals surface area (Å²) >= 11 is 0. The Morgan fingerprint density at radius 3 is 2.24 bits per heavy atom. The first-order valence-electron chi connectivity index (χ1n) is 10.6. The zero-order chi connectivity index (χ0) is 23.7. The molecule has 168 valence electrons. The van der Waals surface area contributed by atoms with Crippen molar-refractivity contribution in [2.24, 2.45) is 0 Å². The molecule has 7 heteroatoms. The summed E-state index contributed by atoms with van der Waals surface area (Å²) in [5.41, 5.74) is 5.43. The topological polar surface area (TPSA) is 80.6 Å². The molecule has 0 saturated carbocycles. The van der Waals surface area contributed by atoms with Crippen molar-refractivity contribution in [3.63, 3.8) is 0 Å². The first-order chi connectivity index (χ1) is 15.8. The highest BCUT2D eigenvalue weighted by atomic mass is 16.5. The van der Waals surface area contributed by atoms with Crippen molar-refractivity contribution in [2.75, 3.05) is 7.11 Å². The molecule has 0 unspecified atom stereocenters. The predicted octanol–water partition coefficient (Wildman–Crippen LogP) is 4.07. The number of aromatic nitrogens is 1. The van der Waals surface area contributed by atoms with E-state index in [-0.39, 0.29) is 12.1 Å². The summed E-state index contributed by atoms with van der Waals surface area (Å²) in [6, 6.07) is 16.4. The molecule has 1 saturated heterocycles. The van der Waals surface area contributed by atoms with Gasteiger partial charge in [-0.1, -0.05) is 29.8 Å². The molecule has 0 aliphatic carbocycles. The number of imide groups is 2. The normalized spacial score (nSPS) is 15.2. The standard InChI is InChI=1S/C26H25N3O4/c1-16-5-9-21(10-6-16)29-17(2)13-20(18(29)3)14-23-24(30)27-26(32)28(25(23)31)15-19-7-11-22(33-4)12-8-19/h5-14H,15H2,1-4H3,(H,27,30,32). The van der Waals surface area contributed by atoms with E-state index in [2.05, 4.69) is 9.88 Å². The van der Waals surface area contributed by atoms with Gasteiger partial charge in [0.1, 0.15) is 11.3 Å². The van der Waals surface area contributed by atoms with Crippen LogP contribution in [-0.2, 0) is 16.1 Å². The summed E-state index contributed by atoms with van der Waals surface area (Å²) in [6.07, 6.45) is 1.55. The van der Waals surface area contributed by atoms with E-state index < -0.39 is 17.8 Å². The summed E-state index contributed by atoms with van der Waals surface area (Å²) in [7, 11) is 1.56. The molecule has 3 aromatic rings. The van der Waals surface area contributed by atoms with Gasteiger partial charge in [-0.25, -0.2) is 4.79 Å². The highest BCUT2D eigenvalue weighted by Crippen LogP contribution is 2.25. The van der Waals surface area contributed by atoms with Crippen LogP contribution >= 0.6 is 0 Å². The Morgan fingerprint density at radius 2 is 1.61 bits per heavy atom. The number of aryl methyl sites for hydroxylation is 2. The van der Waals surface area contributed by atoms with E-state index in [1.165, 1.54) is 0 Å². The number of benzene rings is 2. The van der Waals surface area contributed by atoms with E-state index in [9.17, 15) is 14.4 Å². The SMILES string of the molecule is COc1ccc(CN2C(=O)NC(=O)C(=Cc3cc(C)n(-c4ccc(C)cc4)c3C)C2=O)cc1. The molecule has 1 aromatic heterocycles. The quantitative estimate of drug-likeness (QED) is 0.476. The maximum absolute atomic E-state index is 13.1. The number of rotatable bonds is 5. The summed E-state index contributed by atoms with van der Waals surface area (Å²) in [5, 5.41) is 2.28. The van der Waals surface area contributed by atoms with Gasteiger partial charge >= 0.3 is 6.03 Å². The second-order valence-electron chi connectivity index (χ2n) is 8.05. The van der Waals surface area contributed by atoms with Gasteiger partial charge in [0.2, 0.25) is 0 Å². The van der Waals surface area contributed by atoms with Crippen molar-refractivity contribution in [3.8, 4) is 11.4 Å². The predicted molar refractivity (Wildman–Crippen MR) is 125 cm³/mol. The Balaban J connectivity index is 1.66. The van der Waals surface area contributed by atoms with Crippen LogP contribution in [0.3, 0.4) is 0 Å². The maximum atomic E-state index is 13.1. The summed E-state index contributed by atoms with van der Waals surface area (Å²) in [6.45, 7) is 5.98. The van der Waals surface area contributed by atoms with Crippen molar-refractivity contribution < 1.29 is 19.1 Å². The molecular weight excluding hydrogens is 418 g/mol. The third kappa shape index (κ3) is 4.30. The summed E-state index contributed by atoms with van der Waals surface area (Å²) in [5.74, 6) is -0.649. The van der Waals surface area contributed by atoms with Gasteiger partial charge in [-0.2, -0.15) is 0 Å². The Bertz CT molecular complexity index is 1270. The molecule has 1 N–H and O–H groups in total. The van der Waals surface area contributed by atoms with E-state index in [0.29, 0.717) is 5.75 Å². The second-order valence-corrected chi connectivity index (χ2v) is 8.05. The first-order valence-corrected chi connectivity index (χ1v) is 10.6. The molecular formula is C26H25N3O4. The number of nitrogens with zero attached hydrogens (tertiary/aromatic N) is 2. The number of methoxy groups -OCH3 is 1. The highest BCUT2D eigenvalue weighted by molar-refractivity contribution is 6.31. The molecule has 4 rings (SSSR count). The van der Waals surface area contributed by atoms with Crippen LogP contribution in [0.5, 0.6) is 5.75 Å². The number of hydrogen-bond acceptors (Lipinski definition) is 4. The molecule has 33 heavy (non-hydrogen) atoms. The zero-order valence-electron chi connectivity index (χ0n) is 19.0. The van der Waals surface area contributed by atoms with E-state index in [1.807, 2.05) is 51.1 Å². The molecule has 1 fully saturated rings. The monoisotopic (exact) mass is 443 g/mol. The van der Waals surface area contributed by atoms with Crippen LogP contribution in [0.1, 0.15) is 28.1 Å². The minimum Gasteiger partial charge on any atom is -0.497 e. The number of amides is 4. The lowest BCUT2D eigenvalue weighted by Crippen LogP contribution is -2.53. The van der Waals surface area contributed by atoms with Gasteiger partial charge < -0.3 is 9.30 Å². The van der Waals surface area contributed by atoms with Crippen molar-refractivity contribution in [3.05, 3.63) is 88.2 Å². The van der Waals surface area contributed by atoms with Crippen LogP contribution < -0.4 is 10.1 Å². The van der Waals surface area contributed by atoms with Crippen LogP contribution in [0.4, 0.5) is 4.79 Å². The molecule has 2 heterocycles.